The molecule has 1 saturated carbocycles. The van der Waals surface area contributed by atoms with Crippen LogP contribution >= 0.6 is 11.8 Å². The zero-order valence-corrected chi connectivity index (χ0v) is 19.0. The number of allylic oxidation sites excluding steroid dienone is 1. The van der Waals surface area contributed by atoms with Gasteiger partial charge in [0, 0.05) is 18.5 Å². The summed E-state index contributed by atoms with van der Waals surface area (Å²) < 4.78 is 12.6. The molecule has 0 spiro atoms. The van der Waals surface area contributed by atoms with Gasteiger partial charge in [-0.2, -0.15) is 0 Å². The molecule has 32 heavy (non-hydrogen) atoms. The van der Waals surface area contributed by atoms with Gasteiger partial charge in [0.2, 0.25) is 5.91 Å². The molecular formula is C24H26N4O3S. The SMILES string of the molecule is C=CCn1c(SCC(=O)Nc2ccc(OC)cc2OC)nnc1C1CC1c1ccccc1. The summed E-state index contributed by atoms with van der Waals surface area (Å²) in [5.41, 5.74) is 1.92. The molecule has 4 rings (SSSR count). The average Bonchev–Trinajstić information content (AvgIpc) is 3.53. The quantitative estimate of drug-likeness (QED) is 0.362. The van der Waals surface area contributed by atoms with Crippen molar-refractivity contribution in [1.29, 1.82) is 0 Å². The molecule has 1 fully saturated rings. The van der Waals surface area contributed by atoms with Gasteiger partial charge in [-0.3, -0.25) is 4.79 Å². The number of anilines is 1. The zero-order chi connectivity index (χ0) is 22.5. The minimum absolute atomic E-state index is 0.151. The molecule has 2 aromatic carbocycles. The van der Waals surface area contributed by atoms with Crippen LogP contribution in [0, 0.1) is 0 Å². The Morgan fingerprint density at radius 2 is 2.00 bits per heavy atom. The number of hydrogen-bond donors (Lipinski definition) is 1. The van der Waals surface area contributed by atoms with E-state index in [0.29, 0.717) is 35.6 Å². The number of nitrogens with one attached hydrogen (secondary N) is 1. The normalized spacial score (nSPS) is 16.9. The molecule has 0 saturated heterocycles. The van der Waals surface area contributed by atoms with E-state index in [4.69, 9.17) is 9.47 Å². The van der Waals surface area contributed by atoms with E-state index in [0.717, 1.165) is 17.4 Å². The molecular weight excluding hydrogens is 424 g/mol. The third-order valence-electron chi connectivity index (χ3n) is 5.42. The van der Waals surface area contributed by atoms with E-state index >= 15 is 0 Å². The van der Waals surface area contributed by atoms with Gasteiger partial charge in [-0.15, -0.1) is 16.8 Å². The van der Waals surface area contributed by atoms with Crippen molar-refractivity contribution in [2.24, 2.45) is 0 Å². The lowest BCUT2D eigenvalue weighted by molar-refractivity contribution is -0.113. The second-order valence-corrected chi connectivity index (χ2v) is 8.44. The van der Waals surface area contributed by atoms with E-state index < -0.39 is 0 Å². The summed E-state index contributed by atoms with van der Waals surface area (Å²) in [6.45, 7) is 4.48. The first-order chi connectivity index (χ1) is 15.6. The van der Waals surface area contributed by atoms with Gasteiger partial charge >= 0.3 is 0 Å². The van der Waals surface area contributed by atoms with Gasteiger partial charge < -0.3 is 19.4 Å². The Morgan fingerprint density at radius 1 is 1.19 bits per heavy atom. The first kappa shape index (κ1) is 22.0. The number of benzene rings is 2. The number of ether oxygens (including phenoxy) is 2. The van der Waals surface area contributed by atoms with Crippen molar-refractivity contribution >= 4 is 23.4 Å². The maximum absolute atomic E-state index is 12.6. The highest BCUT2D eigenvalue weighted by atomic mass is 32.2. The molecule has 2 atom stereocenters. The number of thioether (sulfide) groups is 1. The number of carbonyl (C=O) groups is 1. The molecule has 7 nitrogen and oxygen atoms in total. The van der Waals surface area contributed by atoms with Crippen LogP contribution in [0.1, 0.15) is 29.6 Å². The topological polar surface area (TPSA) is 78.3 Å². The second kappa shape index (κ2) is 9.91. The molecule has 166 valence electrons. The molecule has 0 bridgehead atoms. The number of hydrogen-bond acceptors (Lipinski definition) is 6. The van der Waals surface area contributed by atoms with Gasteiger partial charge in [0.25, 0.3) is 0 Å². The molecule has 1 aliphatic rings. The van der Waals surface area contributed by atoms with Crippen LogP contribution in [0.2, 0.25) is 0 Å². The summed E-state index contributed by atoms with van der Waals surface area (Å²) >= 11 is 1.36. The number of methoxy groups -OCH3 is 2. The molecule has 1 aromatic heterocycles. The first-order valence-electron chi connectivity index (χ1n) is 10.4. The van der Waals surface area contributed by atoms with Crippen molar-refractivity contribution in [3.8, 4) is 11.5 Å². The zero-order valence-electron chi connectivity index (χ0n) is 18.2. The Morgan fingerprint density at radius 3 is 2.72 bits per heavy atom. The Labute approximate surface area is 191 Å². The van der Waals surface area contributed by atoms with E-state index in [2.05, 4.69) is 50.9 Å². The van der Waals surface area contributed by atoms with Crippen LogP contribution in [0.4, 0.5) is 5.69 Å². The highest BCUT2D eigenvalue weighted by molar-refractivity contribution is 7.99. The van der Waals surface area contributed by atoms with E-state index in [1.165, 1.54) is 17.3 Å². The smallest absolute Gasteiger partial charge is 0.234 e. The molecule has 3 aromatic rings. The minimum atomic E-state index is -0.151. The Balaban J connectivity index is 1.42. The Kier molecular flexibility index (Phi) is 6.80. The fourth-order valence-electron chi connectivity index (χ4n) is 3.75. The number of amides is 1. The van der Waals surface area contributed by atoms with Crippen LogP contribution < -0.4 is 14.8 Å². The molecule has 1 heterocycles. The average molecular weight is 451 g/mol. The summed E-state index contributed by atoms with van der Waals surface area (Å²) in [7, 11) is 3.14. The maximum Gasteiger partial charge on any atom is 0.234 e. The van der Waals surface area contributed by atoms with Crippen molar-refractivity contribution in [1.82, 2.24) is 14.8 Å². The summed E-state index contributed by atoms with van der Waals surface area (Å²) in [5.74, 6) is 3.02. The maximum atomic E-state index is 12.6. The number of aromatic nitrogens is 3. The van der Waals surface area contributed by atoms with Gasteiger partial charge in [-0.1, -0.05) is 48.2 Å². The van der Waals surface area contributed by atoms with Crippen LogP contribution in [0.3, 0.4) is 0 Å². The summed E-state index contributed by atoms with van der Waals surface area (Å²) in [5, 5.41) is 12.4. The van der Waals surface area contributed by atoms with Crippen LogP contribution in [0.5, 0.6) is 11.5 Å². The van der Waals surface area contributed by atoms with Crippen molar-refractivity contribution in [2.45, 2.75) is 30.0 Å². The Hall–Kier alpha value is -3.26. The van der Waals surface area contributed by atoms with Crippen LogP contribution in [0.25, 0.3) is 0 Å². The molecule has 8 heteroatoms. The number of rotatable bonds is 10. The molecule has 1 amide bonds. The van der Waals surface area contributed by atoms with Crippen molar-refractivity contribution < 1.29 is 14.3 Å². The summed E-state index contributed by atoms with van der Waals surface area (Å²) in [6.07, 6.45) is 2.89. The first-order valence-corrected chi connectivity index (χ1v) is 11.4. The Bertz CT molecular complexity index is 1100. The molecule has 2 unspecified atom stereocenters. The van der Waals surface area contributed by atoms with E-state index in [1.807, 2.05) is 12.1 Å². The van der Waals surface area contributed by atoms with Gasteiger partial charge in [0.05, 0.1) is 25.7 Å². The fraction of sp³-hybridized carbons (Fsp3) is 0.292. The second-order valence-electron chi connectivity index (χ2n) is 7.50. The standard InChI is InChI=1S/C24H26N4O3S/c1-4-12-28-23(19-14-18(19)16-8-6-5-7-9-16)26-27-24(28)32-15-22(29)25-20-11-10-17(30-2)13-21(20)31-3/h4-11,13,18-19H,1,12,14-15H2,2-3H3,(H,25,29). The summed E-state index contributed by atoms with van der Waals surface area (Å²) in [6, 6.07) is 15.7. The van der Waals surface area contributed by atoms with Crippen molar-refractivity contribution in [3.05, 3.63) is 72.6 Å². The van der Waals surface area contributed by atoms with Crippen molar-refractivity contribution in [2.75, 3.05) is 25.3 Å². The largest absolute Gasteiger partial charge is 0.497 e. The predicted molar refractivity (Wildman–Crippen MR) is 126 cm³/mol. The lowest BCUT2D eigenvalue weighted by Crippen LogP contribution is -2.15. The lowest BCUT2D eigenvalue weighted by atomic mass is 10.1. The monoisotopic (exact) mass is 450 g/mol. The third-order valence-corrected chi connectivity index (χ3v) is 6.39. The van der Waals surface area contributed by atoms with Gasteiger partial charge in [-0.25, -0.2) is 0 Å². The minimum Gasteiger partial charge on any atom is -0.497 e. The predicted octanol–water partition coefficient (Wildman–Crippen LogP) is 4.48. The highest BCUT2D eigenvalue weighted by Crippen LogP contribution is 2.54. The van der Waals surface area contributed by atoms with Gasteiger partial charge in [0.1, 0.15) is 17.3 Å². The van der Waals surface area contributed by atoms with E-state index in [1.54, 1.807) is 32.4 Å². The summed E-state index contributed by atoms with van der Waals surface area (Å²) in [4.78, 5) is 12.6. The lowest BCUT2D eigenvalue weighted by Gasteiger charge is -2.12. The van der Waals surface area contributed by atoms with Crippen LogP contribution in [-0.4, -0.2) is 40.6 Å². The van der Waals surface area contributed by atoms with Crippen LogP contribution in [0.15, 0.2) is 66.3 Å². The third kappa shape index (κ3) is 4.80. The number of nitrogens with zero attached hydrogens (tertiary/aromatic N) is 3. The molecule has 1 N–H and O–H groups in total. The number of carbonyl (C=O) groups excluding carboxylic acids is 1. The van der Waals surface area contributed by atoms with Gasteiger partial charge in [-0.05, 0) is 30.0 Å². The van der Waals surface area contributed by atoms with Gasteiger partial charge in [0.15, 0.2) is 5.16 Å². The van der Waals surface area contributed by atoms with E-state index in [-0.39, 0.29) is 11.7 Å². The van der Waals surface area contributed by atoms with Crippen LogP contribution in [-0.2, 0) is 11.3 Å². The molecule has 0 radical (unpaired) electrons. The highest BCUT2D eigenvalue weighted by Gasteiger charge is 2.43. The van der Waals surface area contributed by atoms with Crippen molar-refractivity contribution in [3.63, 3.8) is 0 Å². The molecule has 1 aliphatic carbocycles. The molecule has 0 aliphatic heterocycles. The van der Waals surface area contributed by atoms with E-state index in [9.17, 15) is 4.79 Å². The fourth-order valence-corrected chi connectivity index (χ4v) is 4.50.